The molecule has 0 amide bonds. The summed E-state index contributed by atoms with van der Waals surface area (Å²) in [4.78, 5) is 0. The molecule has 30 heavy (non-hydrogen) atoms. The molecule has 0 nitrogen and oxygen atoms in total. The van der Waals surface area contributed by atoms with Gasteiger partial charge >= 0.3 is 0 Å². The SMILES string of the molecule is Cc1cc2c(cc1C)C1([Si](Br)(Br)Br)c3cc(C)c(C)cc3C2c2cc(C)c(C)cc21. The highest BCUT2D eigenvalue weighted by molar-refractivity contribution is 9.72. The molecule has 3 aliphatic carbocycles. The Hall–Kier alpha value is -0.683. The van der Waals surface area contributed by atoms with Gasteiger partial charge in [-0.05, 0) is 108 Å². The van der Waals surface area contributed by atoms with Crippen molar-refractivity contribution in [3.63, 3.8) is 0 Å². The Morgan fingerprint density at radius 1 is 0.533 bits per heavy atom. The molecule has 0 saturated carbocycles. The van der Waals surface area contributed by atoms with Crippen LogP contribution in [0.15, 0.2) is 36.4 Å². The highest BCUT2D eigenvalue weighted by Gasteiger charge is 2.62. The summed E-state index contributed by atoms with van der Waals surface area (Å²) in [7, 11) is 0. The van der Waals surface area contributed by atoms with E-state index in [2.05, 4.69) is 124 Å². The highest BCUT2D eigenvalue weighted by Crippen LogP contribution is 2.66. The molecule has 154 valence electrons. The average Bonchev–Trinajstić information content (AvgIpc) is 2.64. The van der Waals surface area contributed by atoms with Crippen molar-refractivity contribution in [1.29, 1.82) is 0 Å². The molecule has 2 bridgehead atoms. The summed E-state index contributed by atoms with van der Waals surface area (Å²) >= 11 is 12.6. The Kier molecular flexibility index (Phi) is 4.70. The van der Waals surface area contributed by atoms with E-state index in [1.807, 2.05) is 0 Å². The molecule has 3 aliphatic rings. The van der Waals surface area contributed by atoms with Gasteiger partial charge in [-0.2, -0.15) is 0 Å². The van der Waals surface area contributed by atoms with Crippen LogP contribution in [0.3, 0.4) is 0 Å². The first-order valence-corrected chi connectivity index (χ1v) is 19.2. The van der Waals surface area contributed by atoms with Gasteiger partial charge in [-0.25, -0.2) is 0 Å². The predicted molar refractivity (Wildman–Crippen MR) is 141 cm³/mol. The lowest BCUT2D eigenvalue weighted by Gasteiger charge is -2.54. The van der Waals surface area contributed by atoms with Gasteiger partial charge in [0, 0.05) is 5.92 Å². The largest absolute Gasteiger partial charge is 0.285 e. The van der Waals surface area contributed by atoms with Gasteiger partial charge in [-0.15, -0.1) is 0 Å². The van der Waals surface area contributed by atoms with E-state index < -0.39 is 3.93 Å². The fourth-order valence-electron chi connectivity index (χ4n) is 5.60. The molecule has 0 fully saturated rings. The van der Waals surface area contributed by atoms with Crippen LogP contribution in [0.2, 0.25) is 0 Å². The topological polar surface area (TPSA) is 0 Å². The van der Waals surface area contributed by atoms with E-state index in [1.165, 1.54) is 66.8 Å². The van der Waals surface area contributed by atoms with Gasteiger partial charge in [-0.3, -0.25) is 0 Å². The molecule has 3 aromatic carbocycles. The quantitative estimate of drug-likeness (QED) is 0.193. The van der Waals surface area contributed by atoms with Gasteiger partial charge in [0.25, 0.3) is 3.93 Å². The molecule has 0 radical (unpaired) electrons. The first-order chi connectivity index (χ1) is 14.0. The molecule has 6 rings (SSSR count). The summed E-state index contributed by atoms with van der Waals surface area (Å²) in [5, 5.41) is -0.239. The minimum atomic E-state index is -2.31. The van der Waals surface area contributed by atoms with Crippen molar-refractivity contribution >= 4 is 49.8 Å². The van der Waals surface area contributed by atoms with E-state index in [1.54, 1.807) is 0 Å². The molecular weight excluding hydrogens is 580 g/mol. The van der Waals surface area contributed by atoms with Crippen molar-refractivity contribution < 1.29 is 0 Å². The van der Waals surface area contributed by atoms with Crippen LogP contribution in [0.5, 0.6) is 0 Å². The van der Waals surface area contributed by atoms with E-state index in [0.717, 1.165) is 0 Å². The van der Waals surface area contributed by atoms with Crippen molar-refractivity contribution in [3.8, 4) is 0 Å². The maximum Gasteiger partial charge on any atom is 0.285 e. The summed E-state index contributed by atoms with van der Waals surface area (Å²) in [6.45, 7) is 13.5. The van der Waals surface area contributed by atoms with Gasteiger partial charge in [0.15, 0.2) is 0 Å². The van der Waals surface area contributed by atoms with E-state index in [9.17, 15) is 0 Å². The predicted octanol–water partition coefficient (Wildman–Crippen LogP) is 8.34. The first-order valence-electron chi connectivity index (χ1n) is 10.4. The van der Waals surface area contributed by atoms with Crippen molar-refractivity contribution in [1.82, 2.24) is 0 Å². The van der Waals surface area contributed by atoms with Crippen LogP contribution in [-0.2, 0) is 5.04 Å². The molecule has 3 aromatic rings. The smallest absolute Gasteiger partial charge is 0.0948 e. The number of aryl methyl sites for hydroxylation is 6. The van der Waals surface area contributed by atoms with Crippen molar-refractivity contribution in [2.75, 3.05) is 0 Å². The maximum atomic E-state index is 4.19. The zero-order valence-corrected chi connectivity index (χ0v) is 23.9. The Balaban J connectivity index is 2.06. The summed E-state index contributed by atoms with van der Waals surface area (Å²) in [6.07, 6.45) is 0. The van der Waals surface area contributed by atoms with Crippen molar-refractivity contribution in [2.24, 2.45) is 0 Å². The third-order valence-electron chi connectivity index (χ3n) is 7.57. The van der Waals surface area contributed by atoms with Crippen molar-refractivity contribution in [2.45, 2.75) is 52.5 Å². The fourth-order valence-corrected chi connectivity index (χ4v) is 12.9. The standard InChI is InChI=1S/C26H25Br3Si/c1-13-7-19-22(10-16(13)4)26(30(27,28)29)23-11-17(5)14(2)8-20(23)25(19)21-9-15(3)18(6)12-24(21)26/h7-12,25H,1-6H3. The summed E-state index contributed by atoms with van der Waals surface area (Å²) in [6, 6.07) is 14.7. The third kappa shape index (κ3) is 2.54. The van der Waals surface area contributed by atoms with Crippen LogP contribution >= 0.6 is 45.9 Å². The molecule has 4 heteroatoms. The number of rotatable bonds is 1. The molecular formula is C26H25Br3Si. The molecule has 0 saturated heterocycles. The van der Waals surface area contributed by atoms with Crippen LogP contribution in [-0.4, -0.2) is 3.93 Å². The normalized spacial score (nSPS) is 21.3. The molecule has 0 heterocycles. The molecule has 0 N–H and O–H groups in total. The number of benzene rings is 3. The molecule has 0 spiro atoms. The van der Waals surface area contributed by atoms with E-state index in [0.29, 0.717) is 5.92 Å². The number of halogens is 3. The van der Waals surface area contributed by atoms with Crippen LogP contribution in [0, 0.1) is 41.5 Å². The van der Waals surface area contributed by atoms with Gasteiger partial charge in [-0.1, -0.05) is 82.3 Å². The van der Waals surface area contributed by atoms with Gasteiger partial charge in [0.1, 0.15) is 0 Å². The van der Waals surface area contributed by atoms with Crippen LogP contribution < -0.4 is 0 Å². The minimum Gasteiger partial charge on any atom is -0.0948 e. The molecule has 0 unspecified atom stereocenters. The molecule has 0 atom stereocenters. The maximum absolute atomic E-state index is 4.19. The first kappa shape index (κ1) is 21.2. The second kappa shape index (κ2) is 6.66. The average molecular weight is 605 g/mol. The lowest BCUT2D eigenvalue weighted by molar-refractivity contribution is 0.693. The van der Waals surface area contributed by atoms with Crippen LogP contribution in [0.1, 0.15) is 72.7 Å². The number of hydrogen-bond donors (Lipinski definition) is 0. The van der Waals surface area contributed by atoms with E-state index >= 15 is 0 Å². The van der Waals surface area contributed by atoms with Crippen LogP contribution in [0.4, 0.5) is 0 Å². The zero-order chi connectivity index (χ0) is 21.7. The minimum absolute atomic E-state index is 0.239. The summed E-state index contributed by atoms with van der Waals surface area (Å²) < 4.78 is -2.31. The number of hydrogen-bond acceptors (Lipinski definition) is 0. The third-order valence-corrected chi connectivity index (χ3v) is 14.6. The molecule has 0 aliphatic heterocycles. The summed E-state index contributed by atoms with van der Waals surface area (Å²) in [5.74, 6) is 0.300. The van der Waals surface area contributed by atoms with Gasteiger partial charge in [0.05, 0.1) is 5.04 Å². The highest BCUT2D eigenvalue weighted by atomic mass is 80.0. The van der Waals surface area contributed by atoms with Crippen molar-refractivity contribution in [3.05, 3.63) is 103 Å². The van der Waals surface area contributed by atoms with E-state index in [4.69, 9.17) is 0 Å². The Labute approximate surface area is 204 Å². The van der Waals surface area contributed by atoms with E-state index in [-0.39, 0.29) is 5.04 Å². The second-order valence-corrected chi connectivity index (χ2v) is 31.3. The fraction of sp³-hybridized carbons (Fsp3) is 0.308. The lowest BCUT2D eigenvalue weighted by Crippen LogP contribution is -2.53. The van der Waals surface area contributed by atoms with Gasteiger partial charge in [0.2, 0.25) is 0 Å². The molecule has 0 aromatic heterocycles. The second-order valence-electron chi connectivity index (χ2n) is 9.25. The monoisotopic (exact) mass is 602 g/mol. The Morgan fingerprint density at radius 3 is 1.07 bits per heavy atom. The van der Waals surface area contributed by atoms with Gasteiger partial charge < -0.3 is 0 Å². The lowest BCUT2D eigenvalue weighted by atomic mass is 9.59. The zero-order valence-electron chi connectivity index (χ0n) is 18.2. The Morgan fingerprint density at radius 2 is 0.800 bits per heavy atom. The van der Waals surface area contributed by atoms with Crippen LogP contribution in [0.25, 0.3) is 0 Å². The Bertz CT molecular complexity index is 1110. The summed E-state index contributed by atoms with van der Waals surface area (Å²) in [5.41, 5.74) is 17.0.